The van der Waals surface area contributed by atoms with Crippen LogP contribution < -0.4 is 5.32 Å². The number of nitrogens with one attached hydrogen (secondary N) is 1. The average molecular weight is 399 g/mol. The number of carbonyl (C=O) groups is 3. The Labute approximate surface area is 174 Å². The molecule has 3 atom stereocenters. The van der Waals surface area contributed by atoms with Gasteiger partial charge in [0.15, 0.2) is 0 Å². The van der Waals surface area contributed by atoms with Crippen LogP contribution in [0.3, 0.4) is 0 Å². The Morgan fingerprint density at radius 2 is 1.90 bits per heavy atom. The lowest BCUT2D eigenvalue weighted by molar-refractivity contribution is -0.140. The van der Waals surface area contributed by atoms with Crippen molar-refractivity contribution in [2.75, 3.05) is 13.1 Å². The molecular weight excluding hydrogens is 364 g/mol. The summed E-state index contributed by atoms with van der Waals surface area (Å²) in [4.78, 5) is 39.1. The van der Waals surface area contributed by atoms with E-state index in [1.165, 1.54) is 11.1 Å². The van der Waals surface area contributed by atoms with Crippen LogP contribution in [0.5, 0.6) is 0 Å². The van der Waals surface area contributed by atoms with E-state index in [1.807, 2.05) is 11.8 Å². The molecule has 5 nitrogen and oxygen atoms in total. The monoisotopic (exact) mass is 398 g/mol. The number of hydrogen-bond acceptors (Lipinski definition) is 3. The van der Waals surface area contributed by atoms with Crippen molar-refractivity contribution in [1.82, 2.24) is 10.2 Å². The molecule has 5 heteroatoms. The SMILES string of the molecule is CC[C@@H](NC(=O)[C@@H]1CCC(=O)C1)C(=O)N1CCC(c2ccc(C)cc2)C(C)(C)C1. The van der Waals surface area contributed by atoms with Gasteiger partial charge in [-0.05, 0) is 43.1 Å². The van der Waals surface area contributed by atoms with Crippen molar-refractivity contribution in [2.45, 2.75) is 71.8 Å². The first kappa shape index (κ1) is 21.5. The summed E-state index contributed by atoms with van der Waals surface area (Å²) in [7, 11) is 0. The molecule has 1 heterocycles. The van der Waals surface area contributed by atoms with Gasteiger partial charge in [0.2, 0.25) is 11.8 Å². The van der Waals surface area contributed by atoms with E-state index in [1.54, 1.807) is 0 Å². The zero-order chi connectivity index (χ0) is 21.2. The summed E-state index contributed by atoms with van der Waals surface area (Å²) in [5.74, 6) is 0.134. The van der Waals surface area contributed by atoms with Crippen LogP contribution in [0.1, 0.15) is 69.9 Å². The van der Waals surface area contributed by atoms with E-state index in [0.29, 0.717) is 44.7 Å². The number of Topliss-reactive ketones (excluding diaryl/α,β-unsaturated/α-hetero) is 1. The Kier molecular flexibility index (Phi) is 6.45. The van der Waals surface area contributed by atoms with E-state index >= 15 is 0 Å². The van der Waals surface area contributed by atoms with Crippen molar-refractivity contribution in [2.24, 2.45) is 11.3 Å². The molecule has 1 N–H and O–H groups in total. The van der Waals surface area contributed by atoms with Crippen molar-refractivity contribution in [3.05, 3.63) is 35.4 Å². The van der Waals surface area contributed by atoms with Crippen LogP contribution in [-0.2, 0) is 14.4 Å². The third-order valence-electron chi connectivity index (χ3n) is 6.66. The number of likely N-dealkylation sites (tertiary alicyclic amines) is 1. The van der Waals surface area contributed by atoms with Crippen LogP contribution in [0.15, 0.2) is 24.3 Å². The van der Waals surface area contributed by atoms with Crippen molar-refractivity contribution >= 4 is 17.6 Å². The molecule has 0 spiro atoms. The van der Waals surface area contributed by atoms with Crippen molar-refractivity contribution in [3.63, 3.8) is 0 Å². The van der Waals surface area contributed by atoms with E-state index in [-0.39, 0.29) is 28.9 Å². The summed E-state index contributed by atoms with van der Waals surface area (Å²) in [6, 6.07) is 8.21. The average Bonchev–Trinajstić information content (AvgIpc) is 3.12. The molecule has 1 aromatic rings. The first-order valence-corrected chi connectivity index (χ1v) is 10.9. The van der Waals surface area contributed by atoms with Crippen molar-refractivity contribution in [3.8, 4) is 0 Å². The predicted molar refractivity (Wildman–Crippen MR) is 113 cm³/mol. The predicted octanol–water partition coefficient (Wildman–Crippen LogP) is 3.60. The van der Waals surface area contributed by atoms with Gasteiger partial charge in [-0.2, -0.15) is 0 Å². The Morgan fingerprint density at radius 3 is 2.45 bits per heavy atom. The van der Waals surface area contributed by atoms with Crippen molar-refractivity contribution in [1.29, 1.82) is 0 Å². The Balaban J connectivity index is 1.64. The van der Waals surface area contributed by atoms with E-state index in [2.05, 4.69) is 50.4 Å². The van der Waals surface area contributed by atoms with Gasteiger partial charge in [-0.25, -0.2) is 0 Å². The van der Waals surface area contributed by atoms with Crippen LogP contribution in [0.4, 0.5) is 0 Å². The van der Waals surface area contributed by atoms with E-state index < -0.39 is 6.04 Å². The molecule has 1 unspecified atom stereocenters. The largest absolute Gasteiger partial charge is 0.344 e. The number of nitrogens with zero attached hydrogens (tertiary/aromatic N) is 1. The number of amides is 2. The highest BCUT2D eigenvalue weighted by Gasteiger charge is 2.40. The second-order valence-corrected chi connectivity index (χ2v) is 9.45. The topological polar surface area (TPSA) is 66.5 Å². The molecule has 158 valence electrons. The maximum atomic E-state index is 13.2. The zero-order valence-corrected chi connectivity index (χ0v) is 18.2. The van der Waals surface area contributed by atoms with Gasteiger partial charge in [-0.15, -0.1) is 0 Å². The summed E-state index contributed by atoms with van der Waals surface area (Å²) in [6.07, 6.45) is 2.87. The summed E-state index contributed by atoms with van der Waals surface area (Å²) in [5, 5.41) is 2.92. The molecule has 2 aliphatic rings. The fourth-order valence-corrected chi connectivity index (χ4v) is 4.85. The fraction of sp³-hybridized carbons (Fsp3) is 0.625. The van der Waals surface area contributed by atoms with Gasteiger partial charge in [0.05, 0.1) is 0 Å². The standard InChI is InChI=1S/C24H34N2O3/c1-5-21(25-22(28)18-10-11-19(27)14-18)23(29)26-13-12-20(24(3,4)15-26)17-8-6-16(2)7-9-17/h6-9,18,20-21H,5,10-15H2,1-4H3,(H,25,28)/t18-,20?,21-/m1/s1. The highest BCUT2D eigenvalue weighted by atomic mass is 16.2. The highest BCUT2D eigenvalue weighted by Crippen LogP contribution is 2.42. The second kappa shape index (κ2) is 8.68. The van der Waals surface area contributed by atoms with Gasteiger partial charge >= 0.3 is 0 Å². The molecular formula is C24H34N2O3. The van der Waals surface area contributed by atoms with Gasteiger partial charge in [0, 0.05) is 31.8 Å². The minimum Gasteiger partial charge on any atom is -0.344 e. The number of rotatable bonds is 5. The Bertz CT molecular complexity index is 769. The smallest absolute Gasteiger partial charge is 0.245 e. The molecule has 1 aromatic carbocycles. The molecule has 1 aliphatic heterocycles. The van der Waals surface area contributed by atoms with Crippen LogP contribution in [0.25, 0.3) is 0 Å². The zero-order valence-electron chi connectivity index (χ0n) is 18.2. The molecule has 2 fully saturated rings. The fourth-order valence-electron chi connectivity index (χ4n) is 4.85. The minimum atomic E-state index is -0.509. The van der Waals surface area contributed by atoms with Gasteiger partial charge in [0.25, 0.3) is 0 Å². The number of aryl methyl sites for hydroxylation is 1. The molecule has 0 bridgehead atoms. The van der Waals surface area contributed by atoms with Crippen LogP contribution in [0.2, 0.25) is 0 Å². The summed E-state index contributed by atoms with van der Waals surface area (Å²) in [5.41, 5.74) is 2.55. The Hall–Kier alpha value is -2.17. The first-order chi connectivity index (χ1) is 13.7. The van der Waals surface area contributed by atoms with Crippen molar-refractivity contribution < 1.29 is 14.4 Å². The second-order valence-electron chi connectivity index (χ2n) is 9.45. The lowest BCUT2D eigenvalue weighted by Gasteiger charge is -2.45. The third kappa shape index (κ3) is 4.88. The molecule has 1 aliphatic carbocycles. The van der Waals surface area contributed by atoms with Gasteiger partial charge in [-0.1, -0.05) is 50.6 Å². The number of benzene rings is 1. The maximum Gasteiger partial charge on any atom is 0.245 e. The third-order valence-corrected chi connectivity index (χ3v) is 6.66. The van der Waals surface area contributed by atoms with E-state index in [0.717, 1.165) is 6.42 Å². The summed E-state index contributed by atoms with van der Waals surface area (Å²) >= 11 is 0. The number of hydrogen-bond donors (Lipinski definition) is 1. The van der Waals surface area contributed by atoms with Gasteiger partial charge < -0.3 is 10.2 Å². The summed E-state index contributed by atoms with van der Waals surface area (Å²) < 4.78 is 0. The van der Waals surface area contributed by atoms with E-state index in [4.69, 9.17) is 0 Å². The minimum absolute atomic E-state index is 0.000560. The Morgan fingerprint density at radius 1 is 1.21 bits per heavy atom. The highest BCUT2D eigenvalue weighted by molar-refractivity contribution is 5.93. The van der Waals surface area contributed by atoms with Crippen LogP contribution in [-0.4, -0.2) is 41.6 Å². The lowest BCUT2D eigenvalue weighted by Crippen LogP contribution is -2.54. The quantitative estimate of drug-likeness (QED) is 0.824. The maximum absolute atomic E-state index is 13.2. The molecule has 1 saturated heterocycles. The van der Waals surface area contributed by atoms with Crippen LogP contribution >= 0.6 is 0 Å². The number of carbonyl (C=O) groups excluding carboxylic acids is 3. The molecule has 1 saturated carbocycles. The molecule has 29 heavy (non-hydrogen) atoms. The number of piperidine rings is 1. The van der Waals surface area contributed by atoms with Gasteiger partial charge in [0.1, 0.15) is 11.8 Å². The van der Waals surface area contributed by atoms with E-state index in [9.17, 15) is 14.4 Å². The lowest BCUT2D eigenvalue weighted by atomic mass is 9.70. The molecule has 0 radical (unpaired) electrons. The van der Waals surface area contributed by atoms with Gasteiger partial charge in [-0.3, -0.25) is 14.4 Å². The molecule has 3 rings (SSSR count). The first-order valence-electron chi connectivity index (χ1n) is 10.9. The van der Waals surface area contributed by atoms with Crippen LogP contribution in [0, 0.1) is 18.3 Å². The molecule has 0 aromatic heterocycles. The number of ketones is 1. The summed E-state index contributed by atoms with van der Waals surface area (Å²) in [6.45, 7) is 9.85. The molecule has 2 amide bonds. The normalized spacial score (nSPS) is 25.0.